The fourth-order valence-electron chi connectivity index (χ4n) is 3.08. The van der Waals surface area contributed by atoms with Gasteiger partial charge in [0, 0.05) is 24.3 Å². The van der Waals surface area contributed by atoms with Crippen molar-refractivity contribution in [2.75, 3.05) is 13.1 Å². The molecule has 1 aromatic carbocycles. The lowest BCUT2D eigenvalue weighted by molar-refractivity contribution is -0.122. The molecule has 0 radical (unpaired) electrons. The molecule has 1 aliphatic rings. The highest BCUT2D eigenvalue weighted by atomic mass is 32.2. The fourth-order valence-corrected chi connectivity index (χ4v) is 4.65. The second-order valence-electron chi connectivity index (χ2n) is 6.73. The molecule has 1 aromatic heterocycles. The van der Waals surface area contributed by atoms with Crippen LogP contribution in [0.1, 0.15) is 34.6 Å². The standard InChI is InChI=1S/C18H23N5O4S/c1-13-10-14(2)23(21-13)12-17(24)19-20-18(25)15-6-5-7-16(11-15)28(26,27)22-8-3-4-9-22/h5-7,10-11H,3-4,8-9,12H2,1-2H3,(H,19,24)(H,20,25). The van der Waals surface area contributed by atoms with Crippen LogP contribution in [-0.4, -0.2) is 47.4 Å². The number of aryl methyl sites for hydroxylation is 2. The Hall–Kier alpha value is -2.72. The quantitative estimate of drug-likeness (QED) is 0.713. The Morgan fingerprint density at radius 2 is 1.82 bits per heavy atom. The van der Waals surface area contributed by atoms with Crippen molar-refractivity contribution in [2.24, 2.45) is 0 Å². The number of nitrogens with one attached hydrogen (secondary N) is 2. The molecule has 9 nitrogen and oxygen atoms in total. The van der Waals surface area contributed by atoms with Gasteiger partial charge in [0.25, 0.3) is 11.8 Å². The number of hydrazine groups is 1. The number of benzene rings is 1. The molecule has 1 saturated heterocycles. The Bertz CT molecular complexity index is 993. The van der Waals surface area contributed by atoms with Crippen molar-refractivity contribution in [3.8, 4) is 0 Å². The second kappa shape index (κ2) is 8.11. The van der Waals surface area contributed by atoms with E-state index < -0.39 is 21.8 Å². The summed E-state index contributed by atoms with van der Waals surface area (Å²) in [6.45, 7) is 4.59. The lowest BCUT2D eigenvalue weighted by Gasteiger charge is -2.16. The van der Waals surface area contributed by atoms with E-state index in [1.807, 2.05) is 19.9 Å². The smallest absolute Gasteiger partial charge is 0.269 e. The molecule has 3 rings (SSSR count). The highest BCUT2D eigenvalue weighted by Gasteiger charge is 2.27. The second-order valence-corrected chi connectivity index (χ2v) is 8.66. The summed E-state index contributed by atoms with van der Waals surface area (Å²) < 4.78 is 28.2. The van der Waals surface area contributed by atoms with Crippen molar-refractivity contribution in [3.63, 3.8) is 0 Å². The molecular formula is C18H23N5O4S. The molecule has 0 bridgehead atoms. The fraction of sp³-hybridized carbons (Fsp3) is 0.389. The predicted molar refractivity (Wildman–Crippen MR) is 102 cm³/mol. The third-order valence-electron chi connectivity index (χ3n) is 4.51. The Kier molecular flexibility index (Phi) is 5.80. The van der Waals surface area contributed by atoms with Gasteiger partial charge in [0.2, 0.25) is 10.0 Å². The van der Waals surface area contributed by atoms with Crippen molar-refractivity contribution >= 4 is 21.8 Å². The molecule has 0 aliphatic carbocycles. The van der Waals surface area contributed by atoms with Gasteiger partial charge in [-0.1, -0.05) is 6.07 Å². The van der Waals surface area contributed by atoms with Gasteiger partial charge in [0.05, 0.1) is 10.6 Å². The maximum absolute atomic E-state index is 12.6. The molecule has 0 spiro atoms. The predicted octanol–water partition coefficient (Wildman–Crippen LogP) is 0.746. The van der Waals surface area contributed by atoms with Crippen LogP contribution in [0.3, 0.4) is 0 Å². The zero-order chi connectivity index (χ0) is 20.3. The van der Waals surface area contributed by atoms with E-state index in [4.69, 9.17) is 0 Å². The molecule has 2 aromatic rings. The molecule has 1 fully saturated rings. The molecule has 0 saturated carbocycles. The normalized spacial score (nSPS) is 14.8. The largest absolute Gasteiger partial charge is 0.271 e. The van der Waals surface area contributed by atoms with E-state index in [0.717, 1.165) is 24.2 Å². The number of rotatable bonds is 5. The van der Waals surface area contributed by atoms with Crippen LogP contribution in [0, 0.1) is 13.8 Å². The lowest BCUT2D eigenvalue weighted by atomic mass is 10.2. The lowest BCUT2D eigenvalue weighted by Crippen LogP contribution is -2.43. The summed E-state index contributed by atoms with van der Waals surface area (Å²) in [5.41, 5.74) is 6.40. The molecule has 2 amide bonds. The van der Waals surface area contributed by atoms with E-state index in [0.29, 0.717) is 13.1 Å². The minimum absolute atomic E-state index is 0.0384. The molecule has 2 heterocycles. The Labute approximate surface area is 163 Å². The average molecular weight is 405 g/mol. The number of carbonyl (C=O) groups is 2. The van der Waals surface area contributed by atoms with Crippen LogP contribution in [0.4, 0.5) is 0 Å². The Morgan fingerprint density at radius 3 is 2.46 bits per heavy atom. The summed E-state index contributed by atoms with van der Waals surface area (Å²) >= 11 is 0. The van der Waals surface area contributed by atoms with Gasteiger partial charge >= 0.3 is 0 Å². The van der Waals surface area contributed by atoms with Gasteiger partial charge in [-0.3, -0.25) is 25.1 Å². The Morgan fingerprint density at radius 1 is 1.11 bits per heavy atom. The van der Waals surface area contributed by atoms with E-state index in [-0.39, 0.29) is 17.0 Å². The summed E-state index contributed by atoms with van der Waals surface area (Å²) in [4.78, 5) is 24.4. The molecule has 2 N–H and O–H groups in total. The summed E-state index contributed by atoms with van der Waals surface area (Å²) in [5, 5.41) is 4.18. The molecule has 10 heteroatoms. The van der Waals surface area contributed by atoms with Gasteiger partial charge < -0.3 is 0 Å². The zero-order valence-corrected chi connectivity index (χ0v) is 16.6. The van der Waals surface area contributed by atoms with Crippen molar-refractivity contribution in [2.45, 2.75) is 38.1 Å². The number of hydrogen-bond donors (Lipinski definition) is 2. The van der Waals surface area contributed by atoms with E-state index in [1.165, 1.54) is 33.3 Å². The van der Waals surface area contributed by atoms with Crippen molar-refractivity contribution in [3.05, 3.63) is 47.3 Å². The van der Waals surface area contributed by atoms with E-state index in [9.17, 15) is 18.0 Å². The third-order valence-corrected chi connectivity index (χ3v) is 6.41. The monoisotopic (exact) mass is 405 g/mol. The summed E-state index contributed by atoms with van der Waals surface area (Å²) in [6.07, 6.45) is 1.67. The topological polar surface area (TPSA) is 113 Å². The molecule has 0 unspecified atom stereocenters. The number of carbonyl (C=O) groups excluding carboxylic acids is 2. The minimum atomic E-state index is -3.61. The van der Waals surface area contributed by atoms with E-state index in [1.54, 1.807) is 0 Å². The van der Waals surface area contributed by atoms with Crippen LogP contribution >= 0.6 is 0 Å². The molecule has 1 aliphatic heterocycles. The van der Waals surface area contributed by atoms with Gasteiger partial charge in [-0.25, -0.2) is 8.42 Å². The van der Waals surface area contributed by atoms with Crippen LogP contribution in [-0.2, 0) is 21.4 Å². The van der Waals surface area contributed by atoms with Crippen LogP contribution in [0.25, 0.3) is 0 Å². The Balaban J connectivity index is 1.63. The van der Waals surface area contributed by atoms with Gasteiger partial charge in [0.15, 0.2) is 0 Å². The first kappa shape index (κ1) is 20.0. The SMILES string of the molecule is Cc1cc(C)n(CC(=O)NNC(=O)c2cccc(S(=O)(=O)N3CCCC3)c2)n1. The van der Waals surface area contributed by atoms with Crippen LogP contribution in [0.2, 0.25) is 0 Å². The van der Waals surface area contributed by atoms with Gasteiger partial charge in [-0.15, -0.1) is 0 Å². The molecular weight excluding hydrogens is 382 g/mol. The summed E-state index contributed by atoms with van der Waals surface area (Å²) in [5.74, 6) is -1.04. The first-order chi connectivity index (χ1) is 13.3. The highest BCUT2D eigenvalue weighted by Crippen LogP contribution is 2.21. The molecule has 28 heavy (non-hydrogen) atoms. The average Bonchev–Trinajstić information content (AvgIpc) is 3.30. The number of sulfonamides is 1. The van der Waals surface area contributed by atoms with E-state index >= 15 is 0 Å². The number of aromatic nitrogens is 2. The van der Waals surface area contributed by atoms with Crippen molar-refractivity contribution in [1.82, 2.24) is 24.9 Å². The molecule has 0 atom stereocenters. The van der Waals surface area contributed by atoms with Crippen molar-refractivity contribution < 1.29 is 18.0 Å². The maximum Gasteiger partial charge on any atom is 0.269 e. The number of amides is 2. The van der Waals surface area contributed by atoms with Gasteiger partial charge in [-0.2, -0.15) is 9.40 Å². The third kappa shape index (κ3) is 4.39. The van der Waals surface area contributed by atoms with Crippen LogP contribution in [0.5, 0.6) is 0 Å². The summed E-state index contributed by atoms with van der Waals surface area (Å²) in [6, 6.07) is 7.63. The number of hydrogen-bond acceptors (Lipinski definition) is 5. The van der Waals surface area contributed by atoms with Crippen LogP contribution in [0.15, 0.2) is 35.2 Å². The molecule has 150 valence electrons. The minimum Gasteiger partial charge on any atom is -0.271 e. The first-order valence-electron chi connectivity index (χ1n) is 8.98. The maximum atomic E-state index is 12.6. The highest BCUT2D eigenvalue weighted by molar-refractivity contribution is 7.89. The van der Waals surface area contributed by atoms with Gasteiger partial charge in [0.1, 0.15) is 6.54 Å². The zero-order valence-electron chi connectivity index (χ0n) is 15.8. The van der Waals surface area contributed by atoms with Crippen LogP contribution < -0.4 is 10.9 Å². The summed E-state index contributed by atoms with van der Waals surface area (Å²) in [7, 11) is -3.61. The van der Waals surface area contributed by atoms with E-state index in [2.05, 4.69) is 16.0 Å². The number of nitrogens with zero attached hydrogens (tertiary/aromatic N) is 3. The first-order valence-corrected chi connectivity index (χ1v) is 10.4. The van der Waals surface area contributed by atoms with Gasteiger partial charge in [-0.05, 0) is 51.0 Å². The van der Waals surface area contributed by atoms with Crippen molar-refractivity contribution in [1.29, 1.82) is 0 Å².